The van der Waals surface area contributed by atoms with E-state index in [2.05, 4.69) is 9.97 Å². The molecule has 0 radical (unpaired) electrons. The first-order chi connectivity index (χ1) is 7.18. The third-order valence-electron chi connectivity index (χ3n) is 2.38. The molecule has 1 saturated heterocycles. The molecule has 1 N–H and O–H groups in total. The Balaban J connectivity index is 2.09. The predicted octanol–water partition coefficient (Wildman–Crippen LogP) is 0.985. The summed E-state index contributed by atoms with van der Waals surface area (Å²) in [6, 6.07) is 0. The Bertz CT molecular complexity index is 327. The Kier molecular flexibility index (Phi) is 2.77. The van der Waals surface area contributed by atoms with Gasteiger partial charge in [-0.15, -0.1) is 0 Å². The molecule has 1 atom stereocenters. The van der Waals surface area contributed by atoms with Crippen molar-refractivity contribution in [3.63, 3.8) is 0 Å². The van der Waals surface area contributed by atoms with Gasteiger partial charge in [-0.05, 0) is 6.42 Å². The maximum atomic E-state index is 12.1. The van der Waals surface area contributed by atoms with Crippen LogP contribution in [0.4, 0.5) is 14.7 Å². The van der Waals surface area contributed by atoms with Crippen molar-refractivity contribution in [2.45, 2.75) is 19.0 Å². The van der Waals surface area contributed by atoms with Gasteiger partial charge in [0, 0.05) is 31.0 Å². The predicted molar refractivity (Wildman–Crippen MR) is 49.8 cm³/mol. The second-order valence-corrected chi connectivity index (χ2v) is 3.44. The van der Waals surface area contributed by atoms with Gasteiger partial charge in [0.25, 0.3) is 6.43 Å². The molecule has 1 aliphatic heterocycles. The number of hydrogen-bond donors (Lipinski definition) is 1. The molecule has 1 unspecified atom stereocenters. The summed E-state index contributed by atoms with van der Waals surface area (Å²) in [6.07, 6.45) is -1.00. The summed E-state index contributed by atoms with van der Waals surface area (Å²) in [6.45, 7) is 1.80. The summed E-state index contributed by atoms with van der Waals surface area (Å²) < 4.78 is 24.3. The van der Waals surface area contributed by atoms with E-state index in [1.165, 1.54) is 12.4 Å². The largest absolute Gasteiger partial charge is 0.382 e. The van der Waals surface area contributed by atoms with Crippen LogP contribution in [0.25, 0.3) is 0 Å². The number of aliphatic hydroxyl groups is 1. The first-order valence-electron chi connectivity index (χ1n) is 4.71. The lowest BCUT2D eigenvalue weighted by atomic mass is 10.2. The van der Waals surface area contributed by atoms with Gasteiger partial charge in [-0.3, -0.25) is 0 Å². The summed E-state index contributed by atoms with van der Waals surface area (Å²) >= 11 is 0. The highest BCUT2D eigenvalue weighted by Crippen LogP contribution is 2.21. The Labute approximate surface area is 85.6 Å². The summed E-state index contributed by atoms with van der Waals surface area (Å²) in [5, 5.41) is 9.05. The molecule has 1 aromatic rings. The van der Waals surface area contributed by atoms with Gasteiger partial charge in [0.15, 0.2) is 0 Å². The fraction of sp³-hybridized carbons (Fsp3) is 0.556. The topological polar surface area (TPSA) is 49.3 Å². The molecule has 6 heteroatoms. The summed E-state index contributed by atoms with van der Waals surface area (Å²) in [7, 11) is 0. The molecule has 2 heterocycles. The molecule has 0 amide bonds. The lowest BCUT2D eigenvalue weighted by Gasteiger charge is -2.30. The molecule has 0 aliphatic carbocycles. The van der Waals surface area contributed by atoms with Crippen LogP contribution >= 0.6 is 0 Å². The van der Waals surface area contributed by atoms with Crippen LogP contribution in [0.1, 0.15) is 18.1 Å². The molecule has 0 saturated carbocycles. The number of alkyl halides is 2. The molecule has 0 aromatic carbocycles. The number of anilines is 1. The van der Waals surface area contributed by atoms with Crippen LogP contribution in [0.15, 0.2) is 12.4 Å². The summed E-state index contributed by atoms with van der Waals surface area (Å²) in [4.78, 5) is 9.79. The number of hydrogen-bond acceptors (Lipinski definition) is 4. The van der Waals surface area contributed by atoms with E-state index >= 15 is 0 Å². The van der Waals surface area contributed by atoms with Crippen molar-refractivity contribution in [2.24, 2.45) is 0 Å². The van der Waals surface area contributed by atoms with E-state index in [1.807, 2.05) is 4.90 Å². The number of aromatic nitrogens is 2. The normalized spacial score (nSPS) is 17.7. The minimum Gasteiger partial charge on any atom is -0.382 e. The molecule has 15 heavy (non-hydrogen) atoms. The van der Waals surface area contributed by atoms with Crippen molar-refractivity contribution in [1.82, 2.24) is 9.97 Å². The van der Waals surface area contributed by atoms with Crippen molar-refractivity contribution in [3.05, 3.63) is 18.0 Å². The van der Waals surface area contributed by atoms with E-state index in [1.54, 1.807) is 0 Å². The van der Waals surface area contributed by atoms with Gasteiger partial charge in [-0.1, -0.05) is 0 Å². The van der Waals surface area contributed by atoms with Gasteiger partial charge >= 0.3 is 0 Å². The van der Waals surface area contributed by atoms with Crippen LogP contribution in [0.2, 0.25) is 0 Å². The fourth-order valence-corrected chi connectivity index (χ4v) is 1.31. The first kappa shape index (κ1) is 10.2. The first-order valence-corrected chi connectivity index (χ1v) is 4.71. The molecule has 1 aromatic heterocycles. The van der Waals surface area contributed by atoms with Gasteiger partial charge in [-0.2, -0.15) is 0 Å². The highest BCUT2D eigenvalue weighted by Gasteiger charge is 2.21. The van der Waals surface area contributed by atoms with Crippen LogP contribution in [0.3, 0.4) is 0 Å². The zero-order valence-electron chi connectivity index (χ0n) is 7.98. The van der Waals surface area contributed by atoms with Gasteiger partial charge in [0.05, 0.1) is 0 Å². The van der Waals surface area contributed by atoms with Crippen molar-refractivity contribution in [3.8, 4) is 0 Å². The maximum absolute atomic E-state index is 12.1. The zero-order chi connectivity index (χ0) is 10.8. The molecule has 1 aliphatic rings. The van der Waals surface area contributed by atoms with Crippen LogP contribution < -0.4 is 4.90 Å². The highest BCUT2D eigenvalue weighted by atomic mass is 19.3. The van der Waals surface area contributed by atoms with E-state index in [-0.39, 0.29) is 5.56 Å². The van der Waals surface area contributed by atoms with Crippen LogP contribution in [-0.2, 0) is 0 Å². The minimum atomic E-state index is -2.80. The second kappa shape index (κ2) is 4.06. The molecule has 82 valence electrons. The zero-order valence-corrected chi connectivity index (χ0v) is 7.98. The Morgan fingerprint density at radius 1 is 1.27 bits per heavy atom. The van der Waals surface area contributed by atoms with Crippen LogP contribution in [-0.4, -0.2) is 34.6 Å². The number of aliphatic hydroxyl groups excluding tert-OH is 1. The monoisotopic (exact) mass is 215 g/mol. The van der Waals surface area contributed by atoms with Gasteiger partial charge in [-0.25, -0.2) is 18.7 Å². The van der Waals surface area contributed by atoms with E-state index in [0.29, 0.717) is 5.95 Å². The van der Waals surface area contributed by atoms with Crippen molar-refractivity contribution < 1.29 is 13.9 Å². The molecule has 1 fully saturated rings. The lowest BCUT2D eigenvalue weighted by molar-refractivity contribution is -0.00615. The standard InChI is InChI=1S/C9H11F2N3O/c10-8(11)7(15)6-4-12-9(13-5-6)14-2-1-3-14/h4-5,7-8,15H,1-3H2. The maximum Gasteiger partial charge on any atom is 0.268 e. The Morgan fingerprint density at radius 2 is 1.87 bits per heavy atom. The van der Waals surface area contributed by atoms with Crippen LogP contribution in [0.5, 0.6) is 0 Å². The van der Waals surface area contributed by atoms with Gasteiger partial charge in [0.1, 0.15) is 6.10 Å². The van der Waals surface area contributed by atoms with E-state index < -0.39 is 12.5 Å². The molecule has 0 spiro atoms. The van der Waals surface area contributed by atoms with Gasteiger partial charge < -0.3 is 10.0 Å². The SMILES string of the molecule is OC(c1cnc(N2CCC2)nc1)C(F)F. The quantitative estimate of drug-likeness (QED) is 0.816. The van der Waals surface area contributed by atoms with E-state index in [0.717, 1.165) is 19.5 Å². The minimum absolute atomic E-state index is 0.0503. The van der Waals surface area contributed by atoms with Crippen molar-refractivity contribution in [1.29, 1.82) is 0 Å². The summed E-state index contributed by atoms with van der Waals surface area (Å²) in [5.41, 5.74) is 0.0503. The molecule has 0 bridgehead atoms. The molecular formula is C9H11F2N3O. The van der Waals surface area contributed by atoms with Gasteiger partial charge in [0.2, 0.25) is 5.95 Å². The lowest BCUT2D eigenvalue weighted by Crippen LogP contribution is -2.38. The van der Waals surface area contributed by atoms with Crippen LogP contribution in [0, 0.1) is 0 Å². The second-order valence-electron chi connectivity index (χ2n) is 3.44. The Hall–Kier alpha value is -1.30. The number of nitrogens with zero attached hydrogens (tertiary/aromatic N) is 3. The molecule has 2 rings (SSSR count). The Morgan fingerprint density at radius 3 is 2.27 bits per heavy atom. The molecule has 4 nitrogen and oxygen atoms in total. The number of halogens is 2. The van der Waals surface area contributed by atoms with Crippen molar-refractivity contribution in [2.75, 3.05) is 18.0 Å². The smallest absolute Gasteiger partial charge is 0.268 e. The molecular weight excluding hydrogens is 204 g/mol. The fourth-order valence-electron chi connectivity index (χ4n) is 1.31. The number of rotatable bonds is 3. The van der Waals surface area contributed by atoms with Crippen molar-refractivity contribution >= 4 is 5.95 Å². The summed E-state index contributed by atoms with van der Waals surface area (Å²) in [5.74, 6) is 0.534. The average Bonchev–Trinajstić information content (AvgIpc) is 2.15. The highest BCUT2D eigenvalue weighted by molar-refractivity contribution is 5.33. The third kappa shape index (κ3) is 2.04. The van der Waals surface area contributed by atoms with E-state index in [9.17, 15) is 8.78 Å². The average molecular weight is 215 g/mol. The van der Waals surface area contributed by atoms with E-state index in [4.69, 9.17) is 5.11 Å². The third-order valence-corrected chi connectivity index (χ3v) is 2.38.